The molecule has 0 aliphatic rings. The van der Waals surface area contributed by atoms with Crippen molar-refractivity contribution in [3.63, 3.8) is 0 Å². The standard InChI is InChI=1S/C7H16N2S.BrH/c1-4-5-6-10-7(8-2)9-3;/h4-6H2,1-3H3,(H,8,9);1H. The highest BCUT2D eigenvalue weighted by molar-refractivity contribution is 8.93. The van der Waals surface area contributed by atoms with Crippen molar-refractivity contribution in [3.8, 4) is 0 Å². The normalized spacial score (nSPS) is 10.6. The number of halogens is 1. The Labute approximate surface area is 84.0 Å². The molecule has 0 radical (unpaired) electrons. The molecular weight excluding hydrogens is 224 g/mol. The van der Waals surface area contributed by atoms with Crippen molar-refractivity contribution in [1.29, 1.82) is 0 Å². The highest BCUT2D eigenvalue weighted by Crippen LogP contribution is 2.04. The minimum atomic E-state index is 0. The van der Waals surface area contributed by atoms with Gasteiger partial charge in [-0.25, -0.2) is 0 Å². The van der Waals surface area contributed by atoms with Crippen molar-refractivity contribution in [2.45, 2.75) is 19.8 Å². The first-order chi connectivity index (χ1) is 4.85. The van der Waals surface area contributed by atoms with Crippen molar-refractivity contribution < 1.29 is 0 Å². The van der Waals surface area contributed by atoms with E-state index in [-0.39, 0.29) is 17.0 Å². The van der Waals surface area contributed by atoms with Crippen molar-refractivity contribution in [2.24, 2.45) is 4.99 Å². The molecule has 0 atom stereocenters. The molecule has 0 aromatic heterocycles. The lowest BCUT2D eigenvalue weighted by molar-refractivity contribution is 0.897. The Hall–Kier alpha value is 0.300. The Morgan fingerprint density at radius 3 is 2.55 bits per heavy atom. The molecule has 0 saturated carbocycles. The van der Waals surface area contributed by atoms with Gasteiger partial charge in [0.15, 0.2) is 5.17 Å². The van der Waals surface area contributed by atoms with Crippen LogP contribution in [0.4, 0.5) is 0 Å². The number of unbranched alkanes of at least 4 members (excludes halogenated alkanes) is 1. The van der Waals surface area contributed by atoms with Gasteiger partial charge in [0.05, 0.1) is 0 Å². The van der Waals surface area contributed by atoms with Crippen LogP contribution in [0.2, 0.25) is 0 Å². The minimum absolute atomic E-state index is 0. The van der Waals surface area contributed by atoms with Crippen LogP contribution in [0.3, 0.4) is 0 Å². The summed E-state index contributed by atoms with van der Waals surface area (Å²) < 4.78 is 0. The maximum atomic E-state index is 4.05. The first-order valence-electron chi connectivity index (χ1n) is 3.62. The molecule has 0 aliphatic heterocycles. The van der Waals surface area contributed by atoms with Gasteiger partial charge in [-0.15, -0.1) is 17.0 Å². The molecule has 0 amide bonds. The summed E-state index contributed by atoms with van der Waals surface area (Å²) in [7, 11) is 3.71. The number of hydrogen-bond acceptors (Lipinski definition) is 2. The Kier molecular flexibility index (Phi) is 13.0. The molecule has 0 unspecified atom stereocenters. The third-order valence-corrected chi connectivity index (χ3v) is 2.31. The Balaban J connectivity index is 0. The van der Waals surface area contributed by atoms with Crippen LogP contribution in [0.1, 0.15) is 19.8 Å². The molecular formula is C7H17BrN2S. The van der Waals surface area contributed by atoms with Crippen molar-refractivity contribution >= 4 is 33.9 Å². The summed E-state index contributed by atoms with van der Waals surface area (Å²) in [6, 6.07) is 0. The molecule has 68 valence electrons. The molecule has 4 heteroatoms. The van der Waals surface area contributed by atoms with E-state index in [0.29, 0.717) is 0 Å². The van der Waals surface area contributed by atoms with E-state index in [1.165, 1.54) is 18.6 Å². The summed E-state index contributed by atoms with van der Waals surface area (Å²) >= 11 is 1.78. The third-order valence-electron chi connectivity index (χ3n) is 1.15. The lowest BCUT2D eigenvalue weighted by Gasteiger charge is -2.01. The summed E-state index contributed by atoms with van der Waals surface area (Å²) in [5, 5.41) is 4.06. The Bertz CT molecular complexity index is 107. The summed E-state index contributed by atoms with van der Waals surface area (Å²) in [6.45, 7) is 2.20. The lowest BCUT2D eigenvalue weighted by atomic mass is 10.4. The molecule has 0 aromatic rings. The maximum Gasteiger partial charge on any atom is 0.156 e. The van der Waals surface area contributed by atoms with Gasteiger partial charge in [0.25, 0.3) is 0 Å². The number of aliphatic imine (C=N–C) groups is 1. The third kappa shape index (κ3) is 8.20. The molecule has 0 rings (SSSR count). The second kappa shape index (κ2) is 10.3. The molecule has 11 heavy (non-hydrogen) atoms. The van der Waals surface area contributed by atoms with Gasteiger partial charge in [0, 0.05) is 19.8 Å². The molecule has 0 aliphatic carbocycles. The zero-order valence-electron chi connectivity index (χ0n) is 7.39. The van der Waals surface area contributed by atoms with Crippen LogP contribution in [0.15, 0.2) is 4.99 Å². The van der Waals surface area contributed by atoms with Gasteiger partial charge in [-0.05, 0) is 6.42 Å². The van der Waals surface area contributed by atoms with Crippen LogP contribution < -0.4 is 5.32 Å². The van der Waals surface area contributed by atoms with Gasteiger partial charge < -0.3 is 5.32 Å². The average molecular weight is 241 g/mol. The monoisotopic (exact) mass is 240 g/mol. The highest BCUT2D eigenvalue weighted by Gasteiger charge is 1.92. The van der Waals surface area contributed by atoms with Gasteiger partial charge in [-0.2, -0.15) is 0 Å². The largest absolute Gasteiger partial charge is 0.368 e. The Morgan fingerprint density at radius 1 is 1.55 bits per heavy atom. The predicted molar refractivity (Wildman–Crippen MR) is 60.1 cm³/mol. The maximum absolute atomic E-state index is 4.05. The van der Waals surface area contributed by atoms with E-state index < -0.39 is 0 Å². The van der Waals surface area contributed by atoms with E-state index in [1.807, 2.05) is 14.1 Å². The SMILES string of the molecule is Br.CCCCSC(=NC)NC. The number of nitrogens with one attached hydrogen (secondary N) is 1. The van der Waals surface area contributed by atoms with E-state index in [2.05, 4.69) is 17.2 Å². The van der Waals surface area contributed by atoms with Gasteiger partial charge in [-0.3, -0.25) is 4.99 Å². The summed E-state index contributed by atoms with van der Waals surface area (Å²) in [5.41, 5.74) is 0. The molecule has 0 bridgehead atoms. The second-order valence-electron chi connectivity index (χ2n) is 1.98. The van der Waals surface area contributed by atoms with E-state index >= 15 is 0 Å². The predicted octanol–water partition coefficient (Wildman–Crippen LogP) is 2.30. The second-order valence-corrected chi connectivity index (χ2v) is 3.06. The molecule has 2 nitrogen and oxygen atoms in total. The topological polar surface area (TPSA) is 24.4 Å². The van der Waals surface area contributed by atoms with Crippen molar-refractivity contribution in [1.82, 2.24) is 5.32 Å². The van der Waals surface area contributed by atoms with E-state index in [0.717, 1.165) is 5.17 Å². The number of amidine groups is 1. The molecule has 0 fully saturated rings. The number of nitrogens with zero attached hydrogens (tertiary/aromatic N) is 1. The molecule has 0 saturated heterocycles. The quantitative estimate of drug-likeness (QED) is 0.466. The summed E-state index contributed by atoms with van der Waals surface area (Å²) in [5.74, 6) is 1.17. The zero-order chi connectivity index (χ0) is 7.82. The summed E-state index contributed by atoms with van der Waals surface area (Å²) in [4.78, 5) is 4.05. The van der Waals surface area contributed by atoms with E-state index in [9.17, 15) is 0 Å². The molecule has 1 N–H and O–H groups in total. The zero-order valence-corrected chi connectivity index (χ0v) is 9.91. The van der Waals surface area contributed by atoms with Crippen LogP contribution in [0.25, 0.3) is 0 Å². The fourth-order valence-corrected chi connectivity index (χ4v) is 1.46. The fraction of sp³-hybridized carbons (Fsp3) is 0.857. The van der Waals surface area contributed by atoms with Gasteiger partial charge in [-0.1, -0.05) is 25.1 Å². The molecule has 0 spiro atoms. The Morgan fingerprint density at radius 2 is 2.18 bits per heavy atom. The smallest absolute Gasteiger partial charge is 0.156 e. The number of hydrogen-bond donors (Lipinski definition) is 1. The minimum Gasteiger partial charge on any atom is -0.368 e. The van der Waals surface area contributed by atoms with Crippen LogP contribution >= 0.6 is 28.7 Å². The van der Waals surface area contributed by atoms with Gasteiger partial charge >= 0.3 is 0 Å². The first kappa shape index (κ1) is 13.9. The van der Waals surface area contributed by atoms with Crippen molar-refractivity contribution in [2.75, 3.05) is 19.8 Å². The highest BCUT2D eigenvalue weighted by atomic mass is 79.9. The average Bonchev–Trinajstić information content (AvgIpc) is 1.99. The van der Waals surface area contributed by atoms with Crippen LogP contribution in [-0.4, -0.2) is 25.0 Å². The van der Waals surface area contributed by atoms with E-state index in [4.69, 9.17) is 0 Å². The first-order valence-corrected chi connectivity index (χ1v) is 4.61. The number of rotatable bonds is 3. The van der Waals surface area contributed by atoms with Crippen LogP contribution in [-0.2, 0) is 0 Å². The lowest BCUT2D eigenvalue weighted by Crippen LogP contribution is -2.14. The van der Waals surface area contributed by atoms with Crippen LogP contribution in [0, 0.1) is 0 Å². The van der Waals surface area contributed by atoms with Gasteiger partial charge in [0.2, 0.25) is 0 Å². The van der Waals surface area contributed by atoms with E-state index in [1.54, 1.807) is 11.8 Å². The molecule has 0 aromatic carbocycles. The van der Waals surface area contributed by atoms with Crippen molar-refractivity contribution in [3.05, 3.63) is 0 Å². The van der Waals surface area contributed by atoms with Gasteiger partial charge in [0.1, 0.15) is 0 Å². The summed E-state index contributed by atoms with van der Waals surface area (Å²) in [6.07, 6.45) is 2.53. The van der Waals surface area contributed by atoms with Crippen LogP contribution in [0.5, 0.6) is 0 Å². The fourth-order valence-electron chi connectivity index (χ4n) is 0.562. The number of thioether (sulfide) groups is 1. The molecule has 0 heterocycles.